The standard InChI is InChI=1S/C22H22FN3O4/c1-13(27)25-20(9-15-12-24-19-11-16(23)7-8-17(15)19)22(29)26-18-6-4-3-5-14(18)10-21(28)30-2/h3-8,11-12,20,24H,9-10H2,1-2H3,(H,25,27)(H,26,29). The van der Waals surface area contributed by atoms with E-state index in [0.717, 1.165) is 10.9 Å². The molecular weight excluding hydrogens is 389 g/mol. The van der Waals surface area contributed by atoms with Crippen LogP contribution in [0, 0.1) is 5.82 Å². The fraction of sp³-hybridized carbons (Fsp3) is 0.227. The minimum atomic E-state index is -0.863. The molecule has 0 radical (unpaired) electrons. The number of hydrogen-bond acceptors (Lipinski definition) is 4. The van der Waals surface area contributed by atoms with Gasteiger partial charge in [-0.1, -0.05) is 18.2 Å². The number of para-hydroxylation sites is 1. The van der Waals surface area contributed by atoms with Gasteiger partial charge in [-0.25, -0.2) is 4.39 Å². The Balaban J connectivity index is 1.83. The molecule has 156 valence electrons. The summed E-state index contributed by atoms with van der Waals surface area (Å²) in [6, 6.07) is 10.4. The molecule has 1 aromatic heterocycles. The number of amides is 2. The molecule has 0 aliphatic rings. The highest BCUT2D eigenvalue weighted by atomic mass is 19.1. The molecule has 1 atom stereocenters. The number of benzene rings is 2. The van der Waals surface area contributed by atoms with Gasteiger partial charge in [-0.05, 0) is 35.4 Å². The maximum absolute atomic E-state index is 13.4. The third-order valence-electron chi connectivity index (χ3n) is 4.69. The van der Waals surface area contributed by atoms with E-state index in [1.807, 2.05) is 0 Å². The number of aromatic nitrogens is 1. The van der Waals surface area contributed by atoms with Gasteiger partial charge in [0.1, 0.15) is 11.9 Å². The van der Waals surface area contributed by atoms with Gasteiger partial charge in [0.2, 0.25) is 11.8 Å². The number of ether oxygens (including phenoxy) is 1. The molecule has 7 nitrogen and oxygen atoms in total. The summed E-state index contributed by atoms with van der Waals surface area (Å²) in [6.07, 6.45) is 1.90. The minimum absolute atomic E-state index is 0.00572. The number of fused-ring (bicyclic) bond motifs is 1. The molecule has 2 aromatic carbocycles. The lowest BCUT2D eigenvalue weighted by Gasteiger charge is -2.19. The summed E-state index contributed by atoms with van der Waals surface area (Å²) in [7, 11) is 1.30. The molecule has 1 unspecified atom stereocenters. The Bertz CT molecular complexity index is 1090. The average Bonchev–Trinajstić information content (AvgIpc) is 3.10. The summed E-state index contributed by atoms with van der Waals surface area (Å²) in [5, 5.41) is 6.21. The second kappa shape index (κ2) is 9.21. The van der Waals surface area contributed by atoms with Crippen LogP contribution >= 0.6 is 0 Å². The van der Waals surface area contributed by atoms with Crippen LogP contribution in [0.5, 0.6) is 0 Å². The van der Waals surface area contributed by atoms with Crippen molar-refractivity contribution in [2.45, 2.75) is 25.8 Å². The van der Waals surface area contributed by atoms with Crippen molar-refractivity contribution in [1.82, 2.24) is 10.3 Å². The van der Waals surface area contributed by atoms with Crippen LogP contribution in [-0.2, 0) is 32.0 Å². The Morgan fingerprint density at radius 2 is 1.90 bits per heavy atom. The highest BCUT2D eigenvalue weighted by molar-refractivity contribution is 5.98. The highest BCUT2D eigenvalue weighted by Crippen LogP contribution is 2.22. The third-order valence-corrected chi connectivity index (χ3v) is 4.69. The van der Waals surface area contributed by atoms with Crippen LogP contribution in [0.1, 0.15) is 18.1 Å². The van der Waals surface area contributed by atoms with E-state index in [0.29, 0.717) is 16.8 Å². The summed E-state index contributed by atoms with van der Waals surface area (Å²) in [5.41, 5.74) is 2.43. The topological polar surface area (TPSA) is 100 Å². The van der Waals surface area contributed by atoms with E-state index in [1.165, 1.54) is 26.2 Å². The SMILES string of the molecule is COC(=O)Cc1ccccc1NC(=O)C(Cc1c[nH]c2cc(F)ccc12)NC(C)=O. The van der Waals surface area contributed by atoms with Crippen molar-refractivity contribution in [3.05, 3.63) is 65.6 Å². The van der Waals surface area contributed by atoms with E-state index in [4.69, 9.17) is 4.74 Å². The Morgan fingerprint density at radius 3 is 2.63 bits per heavy atom. The number of esters is 1. The first kappa shape index (κ1) is 21.0. The zero-order chi connectivity index (χ0) is 21.7. The first-order chi connectivity index (χ1) is 14.4. The molecule has 3 rings (SSSR count). The molecule has 8 heteroatoms. The molecule has 0 bridgehead atoms. The van der Waals surface area contributed by atoms with Crippen LogP contribution in [0.25, 0.3) is 10.9 Å². The van der Waals surface area contributed by atoms with Crippen molar-refractivity contribution >= 4 is 34.4 Å². The van der Waals surface area contributed by atoms with Crippen molar-refractivity contribution < 1.29 is 23.5 Å². The quantitative estimate of drug-likeness (QED) is 0.521. The van der Waals surface area contributed by atoms with Gasteiger partial charge in [0.25, 0.3) is 0 Å². The van der Waals surface area contributed by atoms with E-state index in [9.17, 15) is 18.8 Å². The fourth-order valence-electron chi connectivity index (χ4n) is 3.25. The molecule has 0 aliphatic heterocycles. The van der Waals surface area contributed by atoms with Gasteiger partial charge < -0.3 is 20.4 Å². The lowest BCUT2D eigenvalue weighted by molar-refractivity contribution is -0.139. The Kier molecular flexibility index (Phi) is 6.46. The van der Waals surface area contributed by atoms with E-state index >= 15 is 0 Å². The van der Waals surface area contributed by atoms with Crippen LogP contribution in [0.2, 0.25) is 0 Å². The molecule has 0 saturated carbocycles. The maximum atomic E-state index is 13.4. The number of carbonyl (C=O) groups is 3. The normalized spacial score (nSPS) is 11.7. The third kappa shape index (κ3) is 5.02. The van der Waals surface area contributed by atoms with Gasteiger partial charge in [-0.15, -0.1) is 0 Å². The maximum Gasteiger partial charge on any atom is 0.310 e. The van der Waals surface area contributed by atoms with E-state index in [-0.39, 0.29) is 24.6 Å². The molecule has 1 heterocycles. The summed E-state index contributed by atoms with van der Waals surface area (Å²) >= 11 is 0. The van der Waals surface area contributed by atoms with E-state index in [1.54, 1.807) is 36.5 Å². The van der Waals surface area contributed by atoms with Crippen LogP contribution in [-0.4, -0.2) is 35.9 Å². The summed E-state index contributed by atoms with van der Waals surface area (Å²) in [4.78, 5) is 39.3. The Hall–Kier alpha value is -3.68. The smallest absolute Gasteiger partial charge is 0.310 e. The van der Waals surface area contributed by atoms with Gasteiger partial charge in [-0.3, -0.25) is 14.4 Å². The number of hydrogen-bond donors (Lipinski definition) is 3. The average molecular weight is 411 g/mol. The van der Waals surface area contributed by atoms with Crippen molar-refractivity contribution in [3.63, 3.8) is 0 Å². The van der Waals surface area contributed by atoms with Gasteiger partial charge in [0, 0.05) is 36.1 Å². The molecular formula is C22H22FN3O4. The van der Waals surface area contributed by atoms with Crippen LogP contribution in [0.15, 0.2) is 48.7 Å². The fourth-order valence-corrected chi connectivity index (χ4v) is 3.25. The number of halogens is 1. The molecule has 3 aromatic rings. The molecule has 0 aliphatic carbocycles. The number of H-pyrrole nitrogens is 1. The molecule has 0 spiro atoms. The van der Waals surface area contributed by atoms with Crippen LogP contribution < -0.4 is 10.6 Å². The second-order valence-corrected chi connectivity index (χ2v) is 6.86. The predicted octanol–water partition coefficient (Wildman–Crippen LogP) is 2.71. The molecule has 2 amide bonds. The number of anilines is 1. The summed E-state index contributed by atoms with van der Waals surface area (Å²) in [5.74, 6) is -1.58. The van der Waals surface area contributed by atoms with E-state index in [2.05, 4.69) is 15.6 Å². The first-order valence-electron chi connectivity index (χ1n) is 9.35. The van der Waals surface area contributed by atoms with Crippen LogP contribution in [0.3, 0.4) is 0 Å². The molecule has 3 N–H and O–H groups in total. The van der Waals surface area contributed by atoms with Gasteiger partial charge >= 0.3 is 5.97 Å². The Morgan fingerprint density at radius 1 is 1.13 bits per heavy atom. The zero-order valence-corrected chi connectivity index (χ0v) is 16.6. The van der Waals surface area contributed by atoms with Gasteiger partial charge in [-0.2, -0.15) is 0 Å². The summed E-state index contributed by atoms with van der Waals surface area (Å²) < 4.78 is 18.1. The molecule has 0 fully saturated rings. The number of methoxy groups -OCH3 is 1. The Labute approximate surface area is 172 Å². The predicted molar refractivity (Wildman–Crippen MR) is 110 cm³/mol. The number of carbonyl (C=O) groups excluding carboxylic acids is 3. The number of nitrogens with one attached hydrogen (secondary N) is 3. The second-order valence-electron chi connectivity index (χ2n) is 6.86. The highest BCUT2D eigenvalue weighted by Gasteiger charge is 2.23. The largest absolute Gasteiger partial charge is 0.469 e. The molecule has 30 heavy (non-hydrogen) atoms. The van der Waals surface area contributed by atoms with Crippen molar-refractivity contribution in [3.8, 4) is 0 Å². The van der Waals surface area contributed by atoms with E-state index < -0.39 is 17.9 Å². The summed E-state index contributed by atoms with van der Waals surface area (Å²) in [6.45, 7) is 1.33. The van der Waals surface area contributed by atoms with Gasteiger partial charge in [0.15, 0.2) is 0 Å². The lowest BCUT2D eigenvalue weighted by Crippen LogP contribution is -2.44. The minimum Gasteiger partial charge on any atom is -0.469 e. The van der Waals surface area contributed by atoms with Crippen LogP contribution in [0.4, 0.5) is 10.1 Å². The molecule has 0 saturated heterocycles. The lowest BCUT2D eigenvalue weighted by atomic mass is 10.0. The van der Waals surface area contributed by atoms with Crippen molar-refractivity contribution in [2.75, 3.05) is 12.4 Å². The van der Waals surface area contributed by atoms with Crippen molar-refractivity contribution in [2.24, 2.45) is 0 Å². The first-order valence-corrected chi connectivity index (χ1v) is 9.35. The number of aromatic amines is 1. The van der Waals surface area contributed by atoms with Gasteiger partial charge in [0.05, 0.1) is 13.5 Å². The number of rotatable bonds is 7. The monoisotopic (exact) mass is 411 g/mol. The zero-order valence-electron chi connectivity index (χ0n) is 16.6. The van der Waals surface area contributed by atoms with Crippen molar-refractivity contribution in [1.29, 1.82) is 0 Å².